The van der Waals surface area contributed by atoms with Crippen molar-refractivity contribution in [2.45, 2.75) is 6.92 Å². The van der Waals surface area contributed by atoms with Crippen LogP contribution in [-0.4, -0.2) is 12.9 Å². The molecule has 0 fully saturated rings. The Morgan fingerprint density at radius 2 is 2.00 bits per heavy atom. The van der Waals surface area contributed by atoms with E-state index in [0.717, 1.165) is 10.0 Å². The van der Waals surface area contributed by atoms with Gasteiger partial charge in [-0.05, 0) is 36.8 Å². The van der Waals surface area contributed by atoms with Gasteiger partial charge in [0, 0.05) is 15.6 Å². The third kappa shape index (κ3) is 3.44. The van der Waals surface area contributed by atoms with E-state index in [1.165, 1.54) is 0 Å². The number of nitriles is 1. The molecule has 0 spiro atoms. The maximum Gasteiger partial charge on any atom is 0.203 e. The van der Waals surface area contributed by atoms with Gasteiger partial charge >= 0.3 is 0 Å². The summed E-state index contributed by atoms with van der Waals surface area (Å²) in [6.45, 7) is 1.85. The summed E-state index contributed by atoms with van der Waals surface area (Å²) in [5.74, 6) is 0.316. The minimum Gasteiger partial charge on any atom is -0.496 e. The zero-order valence-corrected chi connectivity index (χ0v) is 13.8. The number of Topliss-reactive ketones (excluding diaryl/α,β-unsaturated/α-hetero) is 1. The van der Waals surface area contributed by atoms with Crippen LogP contribution in [0.25, 0.3) is 6.08 Å². The van der Waals surface area contributed by atoms with Gasteiger partial charge in [-0.25, -0.2) is 0 Å². The fourth-order valence-corrected chi connectivity index (χ4v) is 2.47. The van der Waals surface area contributed by atoms with Crippen LogP contribution in [-0.2, 0) is 0 Å². The molecule has 2 aromatic rings. The third-order valence-electron chi connectivity index (χ3n) is 3.25. The molecule has 0 aliphatic carbocycles. The highest BCUT2D eigenvalue weighted by atomic mass is 79.9. The van der Waals surface area contributed by atoms with Gasteiger partial charge in [-0.15, -0.1) is 0 Å². The summed E-state index contributed by atoms with van der Waals surface area (Å²) in [5, 5.41) is 9.35. The first-order valence-electron chi connectivity index (χ1n) is 6.62. The highest BCUT2D eigenvalue weighted by Crippen LogP contribution is 2.26. The van der Waals surface area contributed by atoms with Crippen LogP contribution in [0.3, 0.4) is 0 Å². The highest BCUT2D eigenvalue weighted by molar-refractivity contribution is 9.10. The van der Waals surface area contributed by atoms with Gasteiger partial charge in [-0.2, -0.15) is 5.26 Å². The zero-order valence-electron chi connectivity index (χ0n) is 12.3. The molecule has 0 aliphatic rings. The summed E-state index contributed by atoms with van der Waals surface area (Å²) in [4.78, 5) is 12.5. The average molecular weight is 356 g/mol. The maximum atomic E-state index is 12.5. The number of benzene rings is 2. The molecule has 0 amide bonds. The lowest BCUT2D eigenvalue weighted by molar-refractivity contribution is 0.103. The summed E-state index contributed by atoms with van der Waals surface area (Å²) in [6, 6.07) is 14.6. The Morgan fingerprint density at radius 3 is 2.64 bits per heavy atom. The molecule has 0 bridgehead atoms. The molecule has 0 aromatic heterocycles. The minimum atomic E-state index is -0.289. The minimum absolute atomic E-state index is 0.0747. The van der Waals surface area contributed by atoms with Crippen LogP contribution in [0, 0.1) is 18.3 Å². The van der Waals surface area contributed by atoms with Crippen molar-refractivity contribution in [1.82, 2.24) is 0 Å². The first kappa shape index (κ1) is 16.0. The van der Waals surface area contributed by atoms with Crippen LogP contribution in [0.15, 0.2) is 52.5 Å². The van der Waals surface area contributed by atoms with E-state index in [1.54, 1.807) is 37.5 Å². The quantitative estimate of drug-likeness (QED) is 0.459. The van der Waals surface area contributed by atoms with Crippen molar-refractivity contribution in [1.29, 1.82) is 5.26 Å². The Morgan fingerprint density at radius 1 is 1.27 bits per heavy atom. The molecule has 4 heteroatoms. The van der Waals surface area contributed by atoms with E-state index in [2.05, 4.69) is 15.9 Å². The van der Waals surface area contributed by atoms with Crippen LogP contribution in [0.4, 0.5) is 0 Å². The van der Waals surface area contributed by atoms with Gasteiger partial charge in [0.2, 0.25) is 5.78 Å². The average Bonchev–Trinajstić information content (AvgIpc) is 2.52. The second-order valence-electron chi connectivity index (χ2n) is 4.70. The number of hydrogen-bond acceptors (Lipinski definition) is 3. The Bertz CT molecular complexity index is 788. The van der Waals surface area contributed by atoms with Crippen molar-refractivity contribution in [3.05, 3.63) is 69.2 Å². The first-order valence-corrected chi connectivity index (χ1v) is 7.41. The summed E-state index contributed by atoms with van der Waals surface area (Å²) >= 11 is 3.38. The molecule has 0 N–H and O–H groups in total. The molecule has 0 heterocycles. The molecular formula is C18H14BrNO2. The number of allylic oxidation sites excluding steroid dienone is 1. The predicted octanol–water partition coefficient (Wildman–Crippen LogP) is 4.56. The second-order valence-corrected chi connectivity index (χ2v) is 5.62. The lowest BCUT2D eigenvalue weighted by Gasteiger charge is -2.07. The number of halogens is 1. The lowest BCUT2D eigenvalue weighted by Crippen LogP contribution is -2.04. The number of nitrogens with zero attached hydrogens (tertiary/aromatic N) is 1. The van der Waals surface area contributed by atoms with E-state index in [4.69, 9.17) is 4.74 Å². The SMILES string of the molecule is COc1ccc(Br)cc1/C=C(\C#N)C(=O)c1ccccc1C. The van der Waals surface area contributed by atoms with Crippen molar-refractivity contribution in [2.24, 2.45) is 0 Å². The number of methoxy groups -OCH3 is 1. The predicted molar refractivity (Wildman–Crippen MR) is 89.8 cm³/mol. The Balaban J connectivity index is 2.49. The van der Waals surface area contributed by atoms with Crippen LogP contribution in [0.5, 0.6) is 5.75 Å². The number of carbonyl (C=O) groups is 1. The molecule has 0 unspecified atom stereocenters. The van der Waals surface area contributed by atoms with Crippen LogP contribution in [0.2, 0.25) is 0 Å². The van der Waals surface area contributed by atoms with E-state index in [9.17, 15) is 10.1 Å². The van der Waals surface area contributed by atoms with Gasteiger partial charge in [0.25, 0.3) is 0 Å². The van der Waals surface area contributed by atoms with E-state index in [1.807, 2.05) is 31.2 Å². The van der Waals surface area contributed by atoms with Gasteiger partial charge in [0.15, 0.2) is 0 Å². The summed E-state index contributed by atoms with van der Waals surface area (Å²) in [7, 11) is 1.55. The van der Waals surface area contributed by atoms with E-state index in [-0.39, 0.29) is 11.4 Å². The monoisotopic (exact) mass is 355 g/mol. The van der Waals surface area contributed by atoms with E-state index >= 15 is 0 Å². The number of aryl methyl sites for hydroxylation is 1. The molecule has 22 heavy (non-hydrogen) atoms. The molecule has 2 rings (SSSR count). The van der Waals surface area contributed by atoms with Gasteiger partial charge in [0.05, 0.1) is 7.11 Å². The smallest absolute Gasteiger partial charge is 0.203 e. The number of ketones is 1. The van der Waals surface area contributed by atoms with E-state index in [0.29, 0.717) is 16.9 Å². The molecule has 0 saturated carbocycles. The van der Waals surface area contributed by atoms with Gasteiger partial charge in [-0.3, -0.25) is 4.79 Å². The van der Waals surface area contributed by atoms with Crippen LogP contribution in [0.1, 0.15) is 21.5 Å². The molecule has 0 atom stereocenters. The second kappa shape index (κ2) is 7.06. The molecule has 110 valence electrons. The van der Waals surface area contributed by atoms with Crippen molar-refractivity contribution in [2.75, 3.05) is 7.11 Å². The lowest BCUT2D eigenvalue weighted by atomic mass is 9.98. The highest BCUT2D eigenvalue weighted by Gasteiger charge is 2.15. The number of carbonyl (C=O) groups excluding carboxylic acids is 1. The molecule has 2 aromatic carbocycles. The molecule has 0 radical (unpaired) electrons. The number of ether oxygens (including phenoxy) is 1. The molecule has 3 nitrogen and oxygen atoms in total. The Labute approximate surface area is 138 Å². The number of hydrogen-bond donors (Lipinski definition) is 0. The Hall–Kier alpha value is -2.38. The first-order chi connectivity index (χ1) is 10.6. The van der Waals surface area contributed by atoms with Gasteiger partial charge in [-0.1, -0.05) is 40.2 Å². The van der Waals surface area contributed by atoms with Crippen molar-refractivity contribution >= 4 is 27.8 Å². The fourth-order valence-electron chi connectivity index (χ4n) is 2.09. The topological polar surface area (TPSA) is 50.1 Å². The largest absolute Gasteiger partial charge is 0.496 e. The van der Waals surface area contributed by atoms with Crippen molar-refractivity contribution in [3.63, 3.8) is 0 Å². The summed E-state index contributed by atoms with van der Waals surface area (Å²) in [5.41, 5.74) is 2.13. The fraction of sp³-hybridized carbons (Fsp3) is 0.111. The Kier molecular flexibility index (Phi) is 5.13. The van der Waals surface area contributed by atoms with Crippen LogP contribution >= 0.6 is 15.9 Å². The van der Waals surface area contributed by atoms with Gasteiger partial charge < -0.3 is 4.74 Å². The normalized spacial score (nSPS) is 10.9. The van der Waals surface area contributed by atoms with Crippen molar-refractivity contribution < 1.29 is 9.53 Å². The third-order valence-corrected chi connectivity index (χ3v) is 3.74. The maximum absolute atomic E-state index is 12.5. The van der Waals surface area contributed by atoms with E-state index < -0.39 is 0 Å². The standard InChI is InChI=1S/C18H14BrNO2/c1-12-5-3-4-6-16(12)18(21)14(11-20)9-13-10-15(19)7-8-17(13)22-2/h3-10H,1-2H3/b14-9+. The van der Waals surface area contributed by atoms with Gasteiger partial charge in [0.1, 0.15) is 17.4 Å². The zero-order chi connectivity index (χ0) is 16.1. The molecular weight excluding hydrogens is 342 g/mol. The summed E-state index contributed by atoms with van der Waals surface area (Å²) in [6.07, 6.45) is 1.55. The summed E-state index contributed by atoms with van der Waals surface area (Å²) < 4.78 is 6.12. The molecule has 0 aliphatic heterocycles. The number of rotatable bonds is 4. The molecule has 0 saturated heterocycles. The van der Waals surface area contributed by atoms with Crippen LogP contribution < -0.4 is 4.74 Å². The van der Waals surface area contributed by atoms with Crippen molar-refractivity contribution in [3.8, 4) is 11.8 Å².